The molecule has 1 aliphatic heterocycles. The molecule has 1 aliphatic rings. The highest BCUT2D eigenvalue weighted by molar-refractivity contribution is 7.47. The number of rotatable bonds is 6. The number of aliphatic hydroxyl groups is 2. The second kappa shape index (κ2) is 6.29. The molecule has 2 radical (unpaired) electrons. The van der Waals surface area contributed by atoms with Gasteiger partial charge in [0, 0.05) is 6.00 Å². The molecule has 0 aromatic carbocycles. The Morgan fingerprint density at radius 1 is 1.53 bits per heavy atom. The van der Waals surface area contributed by atoms with E-state index in [-0.39, 0.29) is 6.61 Å². The molecule has 0 aromatic heterocycles. The molecule has 1 rings (SSSR count). The van der Waals surface area contributed by atoms with E-state index in [2.05, 4.69) is 4.52 Å². The van der Waals surface area contributed by atoms with E-state index in [1.165, 1.54) is 0 Å². The minimum atomic E-state index is -4.28. The van der Waals surface area contributed by atoms with Gasteiger partial charge >= 0.3 is 7.82 Å². The lowest BCUT2D eigenvalue weighted by Gasteiger charge is -2.22. The molecule has 5 atom stereocenters. The number of aliphatic hydroxyl groups excluding tert-OH is 2. The van der Waals surface area contributed by atoms with Crippen molar-refractivity contribution in [1.29, 1.82) is 0 Å². The molecular formula is C8H16BO7P. The minimum Gasteiger partial charge on any atom is -0.394 e. The topological polar surface area (TPSA) is 105 Å². The van der Waals surface area contributed by atoms with Gasteiger partial charge in [0.1, 0.15) is 26.2 Å². The van der Waals surface area contributed by atoms with Crippen LogP contribution in [0.5, 0.6) is 0 Å². The van der Waals surface area contributed by atoms with Crippen LogP contribution in [0.2, 0.25) is 0 Å². The van der Waals surface area contributed by atoms with E-state index in [1.54, 1.807) is 6.92 Å². The predicted octanol–water partition coefficient (Wildman–Crippen LogP) is -0.855. The van der Waals surface area contributed by atoms with E-state index in [0.29, 0.717) is 6.42 Å². The fourth-order valence-corrected chi connectivity index (χ4v) is 2.48. The first kappa shape index (κ1) is 15.1. The lowest BCUT2D eigenvalue weighted by atomic mass is 9.93. The molecule has 1 saturated heterocycles. The summed E-state index contributed by atoms with van der Waals surface area (Å²) < 4.78 is 25.8. The Labute approximate surface area is 101 Å². The fourth-order valence-electron chi connectivity index (χ4n) is 1.43. The van der Waals surface area contributed by atoms with Gasteiger partial charge < -0.3 is 19.8 Å². The lowest BCUT2D eigenvalue weighted by Crippen LogP contribution is -2.36. The second-order valence-corrected chi connectivity index (χ2v) is 5.09. The first-order valence-electron chi connectivity index (χ1n) is 5.27. The van der Waals surface area contributed by atoms with Crippen molar-refractivity contribution in [2.45, 2.75) is 37.7 Å². The summed E-state index contributed by atoms with van der Waals surface area (Å²) in [7, 11) is 1.10. The van der Waals surface area contributed by atoms with Gasteiger partial charge in [-0.1, -0.05) is 6.92 Å². The largest absolute Gasteiger partial charge is 0.472 e. The van der Waals surface area contributed by atoms with Crippen molar-refractivity contribution in [3.8, 4) is 0 Å². The van der Waals surface area contributed by atoms with Crippen LogP contribution in [-0.2, 0) is 18.3 Å². The van der Waals surface area contributed by atoms with E-state index in [4.69, 9.17) is 22.2 Å². The number of phosphoric ester groups is 1. The molecule has 1 heterocycles. The first-order valence-corrected chi connectivity index (χ1v) is 6.76. The van der Waals surface area contributed by atoms with E-state index < -0.39 is 38.7 Å². The zero-order chi connectivity index (χ0) is 13.1. The molecule has 0 aliphatic carbocycles. The van der Waals surface area contributed by atoms with Crippen LogP contribution < -0.4 is 0 Å². The van der Waals surface area contributed by atoms with Crippen LogP contribution in [0.15, 0.2) is 0 Å². The zero-order valence-electron chi connectivity index (χ0n) is 9.43. The van der Waals surface area contributed by atoms with Gasteiger partial charge in [-0.15, -0.1) is 0 Å². The Bertz CT molecular complexity index is 289. The van der Waals surface area contributed by atoms with Gasteiger partial charge in [0.05, 0.1) is 13.2 Å². The van der Waals surface area contributed by atoms with Crippen molar-refractivity contribution in [3.05, 3.63) is 0 Å². The normalized spacial score (nSPS) is 36.9. The standard InChI is InChI=1S/C8H16BO7P/c1-2-3-14-17(12,13)16-7-5(4-10)15-8(9)6(7)11/h5-8,10-11H,2-4H2,1H3,(H,12,13)/t5-,6?,7?,8-/m1/s1. The molecule has 7 nitrogen and oxygen atoms in total. The summed E-state index contributed by atoms with van der Waals surface area (Å²) in [6.45, 7) is 1.33. The van der Waals surface area contributed by atoms with Crippen LogP contribution in [-0.4, -0.2) is 60.5 Å². The van der Waals surface area contributed by atoms with Gasteiger partial charge in [0.25, 0.3) is 0 Å². The average Bonchev–Trinajstić information content (AvgIpc) is 2.54. The molecule has 0 aromatic rings. The van der Waals surface area contributed by atoms with E-state index >= 15 is 0 Å². The number of ether oxygens (including phenoxy) is 1. The Morgan fingerprint density at radius 2 is 2.18 bits per heavy atom. The van der Waals surface area contributed by atoms with Crippen molar-refractivity contribution in [2.75, 3.05) is 13.2 Å². The van der Waals surface area contributed by atoms with E-state index in [9.17, 15) is 14.6 Å². The smallest absolute Gasteiger partial charge is 0.394 e. The van der Waals surface area contributed by atoms with Crippen molar-refractivity contribution >= 4 is 15.7 Å². The van der Waals surface area contributed by atoms with Crippen molar-refractivity contribution in [1.82, 2.24) is 0 Å². The summed E-state index contributed by atoms with van der Waals surface area (Å²) in [5.74, 6) is 0. The molecule has 0 amide bonds. The third-order valence-corrected chi connectivity index (χ3v) is 3.28. The highest BCUT2D eigenvalue weighted by Crippen LogP contribution is 2.47. The third-order valence-electron chi connectivity index (χ3n) is 2.26. The molecule has 9 heteroatoms. The highest BCUT2D eigenvalue weighted by Gasteiger charge is 2.45. The maximum absolute atomic E-state index is 11.5. The first-order chi connectivity index (χ1) is 7.91. The number of hydrogen-bond acceptors (Lipinski definition) is 6. The van der Waals surface area contributed by atoms with Crippen LogP contribution in [0.3, 0.4) is 0 Å². The number of phosphoric acid groups is 1. The summed E-state index contributed by atoms with van der Waals surface area (Å²) in [5, 5.41) is 18.5. The predicted molar refractivity (Wildman–Crippen MR) is 58.4 cm³/mol. The molecule has 17 heavy (non-hydrogen) atoms. The van der Waals surface area contributed by atoms with E-state index in [1.807, 2.05) is 0 Å². The summed E-state index contributed by atoms with van der Waals surface area (Å²) in [5.41, 5.74) is 0. The number of hydrogen-bond donors (Lipinski definition) is 3. The lowest BCUT2D eigenvalue weighted by molar-refractivity contribution is -0.0131. The van der Waals surface area contributed by atoms with Gasteiger partial charge in [-0.3, -0.25) is 9.05 Å². The van der Waals surface area contributed by atoms with Crippen LogP contribution in [0, 0.1) is 0 Å². The fraction of sp³-hybridized carbons (Fsp3) is 1.00. The summed E-state index contributed by atoms with van der Waals surface area (Å²) in [6.07, 6.45) is -2.90. The van der Waals surface area contributed by atoms with Crippen LogP contribution >= 0.6 is 7.82 Å². The molecule has 0 spiro atoms. The van der Waals surface area contributed by atoms with Crippen molar-refractivity contribution < 1.29 is 33.5 Å². The molecule has 3 N–H and O–H groups in total. The zero-order valence-corrected chi connectivity index (χ0v) is 10.3. The second-order valence-electron chi connectivity index (χ2n) is 3.68. The Hall–Kier alpha value is 0.0549. The molecule has 1 fully saturated rings. The van der Waals surface area contributed by atoms with E-state index in [0.717, 1.165) is 0 Å². The summed E-state index contributed by atoms with van der Waals surface area (Å²) >= 11 is 0. The Balaban J connectivity index is 2.62. The maximum Gasteiger partial charge on any atom is 0.472 e. The van der Waals surface area contributed by atoms with Crippen molar-refractivity contribution in [2.24, 2.45) is 0 Å². The molecule has 0 bridgehead atoms. The summed E-state index contributed by atoms with van der Waals surface area (Å²) in [6, 6.07) is -1.07. The monoisotopic (exact) mass is 266 g/mol. The van der Waals surface area contributed by atoms with Gasteiger partial charge in [-0.05, 0) is 6.42 Å². The summed E-state index contributed by atoms with van der Waals surface area (Å²) in [4.78, 5) is 9.35. The molecular weight excluding hydrogens is 250 g/mol. The Morgan fingerprint density at radius 3 is 2.71 bits per heavy atom. The Kier molecular flexibility index (Phi) is 5.59. The maximum atomic E-state index is 11.5. The van der Waals surface area contributed by atoms with Gasteiger partial charge in [-0.2, -0.15) is 0 Å². The molecule has 0 saturated carbocycles. The van der Waals surface area contributed by atoms with Gasteiger partial charge in [0.15, 0.2) is 0 Å². The van der Waals surface area contributed by atoms with Gasteiger partial charge in [0.2, 0.25) is 0 Å². The van der Waals surface area contributed by atoms with Gasteiger partial charge in [-0.25, -0.2) is 4.57 Å². The van der Waals surface area contributed by atoms with Crippen molar-refractivity contribution in [3.63, 3.8) is 0 Å². The third kappa shape index (κ3) is 4.03. The molecule has 3 unspecified atom stereocenters. The molecule has 98 valence electrons. The van der Waals surface area contributed by atoms with Crippen LogP contribution in [0.1, 0.15) is 13.3 Å². The van der Waals surface area contributed by atoms with Crippen LogP contribution in [0.25, 0.3) is 0 Å². The van der Waals surface area contributed by atoms with Crippen LogP contribution in [0.4, 0.5) is 0 Å². The minimum absolute atomic E-state index is 0.0489. The SMILES string of the molecule is [B][C@@H]1O[C@H](CO)C(OP(=O)(O)OCCC)C1O. The highest BCUT2D eigenvalue weighted by atomic mass is 31.2. The quantitative estimate of drug-likeness (QED) is 0.424. The average molecular weight is 266 g/mol.